The number of rotatable bonds is 4. The highest BCUT2D eigenvalue weighted by Gasteiger charge is 2.18. The van der Waals surface area contributed by atoms with E-state index in [0.717, 1.165) is 40.0 Å². The monoisotopic (exact) mass is 442 g/mol. The van der Waals surface area contributed by atoms with Crippen molar-refractivity contribution in [1.29, 1.82) is 0 Å². The van der Waals surface area contributed by atoms with E-state index in [2.05, 4.69) is 26.3 Å². The van der Waals surface area contributed by atoms with E-state index in [4.69, 9.17) is 0 Å². The lowest BCUT2D eigenvalue weighted by Gasteiger charge is -2.11. The molecule has 0 saturated carbocycles. The van der Waals surface area contributed by atoms with E-state index < -0.39 is 5.95 Å². The molecule has 0 radical (unpaired) electrons. The van der Waals surface area contributed by atoms with Gasteiger partial charge in [0.2, 0.25) is 5.95 Å². The lowest BCUT2D eigenvalue weighted by atomic mass is 10.0. The largest absolute Gasteiger partial charge is 0.384 e. The minimum atomic E-state index is -0.582. The van der Waals surface area contributed by atoms with Crippen molar-refractivity contribution in [2.24, 2.45) is 7.05 Å². The Morgan fingerprint density at radius 3 is 2.58 bits per heavy atom. The molecule has 4 heterocycles. The van der Waals surface area contributed by atoms with E-state index in [0.29, 0.717) is 22.3 Å². The Kier molecular flexibility index (Phi) is 4.92. The number of hydrogen-bond acceptors (Lipinski definition) is 5. The first kappa shape index (κ1) is 20.8. The van der Waals surface area contributed by atoms with Gasteiger partial charge < -0.3 is 5.32 Å². The zero-order valence-electron chi connectivity index (χ0n) is 18.8. The van der Waals surface area contributed by atoms with Crippen molar-refractivity contribution in [1.82, 2.24) is 24.1 Å². The van der Waals surface area contributed by atoms with Crippen molar-refractivity contribution in [3.63, 3.8) is 0 Å². The number of nitrogens with one attached hydrogen (secondary N) is 1. The molecule has 0 amide bonds. The highest BCUT2D eigenvalue weighted by atomic mass is 19.1. The molecule has 4 aromatic heterocycles. The first-order chi connectivity index (χ1) is 15.9. The van der Waals surface area contributed by atoms with Crippen LogP contribution in [0.2, 0.25) is 0 Å². The number of pyridine rings is 3. The third-order valence-corrected chi connectivity index (χ3v) is 5.96. The third-order valence-electron chi connectivity index (χ3n) is 5.96. The van der Waals surface area contributed by atoms with Gasteiger partial charge in [0.15, 0.2) is 0 Å². The van der Waals surface area contributed by atoms with Crippen LogP contribution in [-0.2, 0) is 7.05 Å². The summed E-state index contributed by atoms with van der Waals surface area (Å²) in [6.45, 7) is 6.58. The molecule has 7 nitrogen and oxygen atoms in total. The standard InChI is InChI=1S/C25H23FN6O/c1-5-27-20-10-17(11-28-15(20)3)16-6-7-19-18(9-16)24-22(13-29-19)31(4)25(33)32(24)21-12-30-23(26)8-14(21)2/h6-13,27H,5H2,1-4H3. The molecule has 1 N–H and O–H groups in total. The SMILES string of the molecule is CCNc1cc(-c2ccc3ncc4c(c3c2)n(-c2cnc(F)cc2C)c(=O)n4C)cnc1C. The third kappa shape index (κ3) is 3.34. The Bertz CT molecular complexity index is 1600. The summed E-state index contributed by atoms with van der Waals surface area (Å²) in [5, 5.41) is 4.16. The Morgan fingerprint density at radius 2 is 1.82 bits per heavy atom. The highest BCUT2D eigenvalue weighted by molar-refractivity contribution is 6.04. The molecule has 5 rings (SSSR count). The second-order valence-electron chi connectivity index (χ2n) is 8.08. The number of benzene rings is 1. The fourth-order valence-corrected chi connectivity index (χ4v) is 4.21. The van der Waals surface area contributed by atoms with Crippen LogP contribution in [0.25, 0.3) is 38.8 Å². The van der Waals surface area contributed by atoms with Crippen LogP contribution in [0.3, 0.4) is 0 Å². The summed E-state index contributed by atoms with van der Waals surface area (Å²) < 4.78 is 16.8. The predicted molar refractivity (Wildman–Crippen MR) is 128 cm³/mol. The number of halogens is 1. The minimum absolute atomic E-state index is 0.243. The smallest absolute Gasteiger partial charge is 0.333 e. The van der Waals surface area contributed by atoms with E-state index >= 15 is 0 Å². The van der Waals surface area contributed by atoms with Gasteiger partial charge in [0, 0.05) is 30.7 Å². The minimum Gasteiger partial charge on any atom is -0.384 e. The molecule has 0 aliphatic heterocycles. The summed E-state index contributed by atoms with van der Waals surface area (Å²) in [6.07, 6.45) is 4.93. The zero-order valence-corrected chi connectivity index (χ0v) is 18.8. The van der Waals surface area contributed by atoms with Crippen LogP contribution < -0.4 is 11.0 Å². The van der Waals surface area contributed by atoms with Gasteiger partial charge in [0.1, 0.15) is 0 Å². The van der Waals surface area contributed by atoms with Crippen LogP contribution in [0.15, 0.2) is 53.7 Å². The van der Waals surface area contributed by atoms with Crippen LogP contribution in [0.4, 0.5) is 10.1 Å². The van der Waals surface area contributed by atoms with Gasteiger partial charge in [-0.25, -0.2) is 9.78 Å². The van der Waals surface area contributed by atoms with E-state index in [1.54, 1.807) is 29.3 Å². The molecule has 8 heteroatoms. The Balaban J connectivity index is 1.82. The Morgan fingerprint density at radius 1 is 1.00 bits per heavy atom. The highest BCUT2D eigenvalue weighted by Crippen LogP contribution is 2.31. The van der Waals surface area contributed by atoms with Crippen LogP contribution >= 0.6 is 0 Å². The van der Waals surface area contributed by atoms with Crippen molar-refractivity contribution < 1.29 is 4.39 Å². The van der Waals surface area contributed by atoms with Crippen molar-refractivity contribution in [2.45, 2.75) is 20.8 Å². The fourth-order valence-electron chi connectivity index (χ4n) is 4.21. The summed E-state index contributed by atoms with van der Waals surface area (Å²) in [4.78, 5) is 26.1. The van der Waals surface area contributed by atoms with Crippen molar-refractivity contribution in [3.8, 4) is 16.8 Å². The van der Waals surface area contributed by atoms with Crippen LogP contribution in [0.1, 0.15) is 18.2 Å². The predicted octanol–water partition coefficient (Wildman–Crippen LogP) is 4.52. The average Bonchev–Trinajstić information content (AvgIpc) is 3.06. The van der Waals surface area contributed by atoms with E-state index in [1.807, 2.05) is 38.2 Å². The van der Waals surface area contributed by atoms with E-state index in [9.17, 15) is 9.18 Å². The molecular weight excluding hydrogens is 419 g/mol. The van der Waals surface area contributed by atoms with Crippen molar-refractivity contribution >= 4 is 27.6 Å². The maximum absolute atomic E-state index is 13.7. The maximum Gasteiger partial charge on any atom is 0.333 e. The number of fused-ring (bicyclic) bond motifs is 3. The lowest BCUT2D eigenvalue weighted by molar-refractivity contribution is 0.581. The number of anilines is 1. The summed E-state index contributed by atoms with van der Waals surface area (Å²) in [7, 11) is 1.71. The topological polar surface area (TPSA) is 77.6 Å². The molecule has 1 aromatic carbocycles. The van der Waals surface area contributed by atoms with E-state index in [1.165, 1.54) is 12.3 Å². The molecule has 0 fully saturated rings. The molecule has 5 aromatic rings. The van der Waals surface area contributed by atoms with Gasteiger partial charge in [-0.1, -0.05) is 6.07 Å². The maximum atomic E-state index is 13.7. The normalized spacial score (nSPS) is 11.4. The molecule has 33 heavy (non-hydrogen) atoms. The van der Waals surface area contributed by atoms with Gasteiger partial charge >= 0.3 is 5.69 Å². The van der Waals surface area contributed by atoms with Crippen LogP contribution in [-0.4, -0.2) is 30.6 Å². The lowest BCUT2D eigenvalue weighted by Crippen LogP contribution is -2.21. The van der Waals surface area contributed by atoms with E-state index in [-0.39, 0.29) is 5.69 Å². The number of hydrogen-bond donors (Lipinski definition) is 1. The first-order valence-electron chi connectivity index (χ1n) is 10.7. The van der Waals surface area contributed by atoms with Gasteiger partial charge in [-0.2, -0.15) is 4.39 Å². The Hall–Kier alpha value is -4.07. The summed E-state index contributed by atoms with van der Waals surface area (Å²) >= 11 is 0. The second kappa shape index (κ2) is 7.81. The number of aryl methyl sites for hydroxylation is 3. The quantitative estimate of drug-likeness (QED) is 0.414. The molecule has 0 atom stereocenters. The first-order valence-corrected chi connectivity index (χ1v) is 10.7. The molecule has 166 valence electrons. The average molecular weight is 442 g/mol. The van der Waals surface area contributed by atoms with Crippen LogP contribution in [0.5, 0.6) is 0 Å². The van der Waals surface area contributed by atoms with Gasteiger partial charge in [-0.05, 0) is 56.2 Å². The molecule has 0 aliphatic carbocycles. The molecule has 0 saturated heterocycles. The second-order valence-corrected chi connectivity index (χ2v) is 8.08. The Labute approximate surface area is 189 Å². The zero-order chi connectivity index (χ0) is 23.3. The van der Waals surface area contributed by atoms with Crippen molar-refractivity contribution in [2.75, 3.05) is 11.9 Å². The van der Waals surface area contributed by atoms with Gasteiger partial charge in [-0.3, -0.25) is 19.1 Å². The molecular formula is C25H23FN6O. The molecule has 0 bridgehead atoms. The summed E-state index contributed by atoms with van der Waals surface area (Å²) in [6, 6.07) is 9.37. The van der Waals surface area contributed by atoms with Gasteiger partial charge in [-0.15, -0.1) is 0 Å². The number of aromatic nitrogens is 5. The summed E-state index contributed by atoms with van der Waals surface area (Å²) in [5.41, 5.74) is 6.89. The fraction of sp³-hybridized carbons (Fsp3) is 0.200. The number of nitrogens with zero attached hydrogens (tertiary/aromatic N) is 5. The molecule has 0 unspecified atom stereocenters. The number of imidazole rings is 1. The van der Waals surface area contributed by atoms with Crippen LogP contribution in [0, 0.1) is 19.8 Å². The summed E-state index contributed by atoms with van der Waals surface area (Å²) in [5.74, 6) is -0.582. The van der Waals surface area contributed by atoms with Crippen molar-refractivity contribution in [3.05, 3.63) is 76.6 Å². The molecule has 0 aliphatic rings. The van der Waals surface area contributed by atoms with Gasteiger partial charge in [0.25, 0.3) is 0 Å². The molecule has 0 spiro atoms. The van der Waals surface area contributed by atoms with Gasteiger partial charge in [0.05, 0.1) is 46.0 Å².